The fourth-order valence-electron chi connectivity index (χ4n) is 1.71. The van der Waals surface area contributed by atoms with Crippen LogP contribution >= 0.6 is 15.9 Å². The maximum absolute atomic E-state index is 13.8. The minimum atomic E-state index is -0.738. The largest absolute Gasteiger partial charge is 0.368 e. The van der Waals surface area contributed by atoms with E-state index in [1.165, 1.54) is 0 Å². The Morgan fingerprint density at radius 2 is 1.85 bits per heavy atom. The first-order chi connectivity index (χ1) is 9.51. The van der Waals surface area contributed by atoms with Gasteiger partial charge in [0.05, 0.1) is 5.69 Å². The number of pyridine rings is 1. The number of rotatable bonds is 4. The van der Waals surface area contributed by atoms with Crippen LogP contribution in [0.15, 0.2) is 28.7 Å². The summed E-state index contributed by atoms with van der Waals surface area (Å²) >= 11 is 3.37. The van der Waals surface area contributed by atoms with Crippen LogP contribution in [0.3, 0.4) is 0 Å². The molecular weight excluding hydrogens is 328 g/mol. The lowest BCUT2D eigenvalue weighted by Crippen LogP contribution is -2.06. The zero-order valence-electron chi connectivity index (χ0n) is 11.1. The summed E-state index contributed by atoms with van der Waals surface area (Å²) in [4.78, 5) is 3.93. The van der Waals surface area contributed by atoms with Crippen LogP contribution in [0.5, 0.6) is 0 Å². The Bertz CT molecular complexity index is 632. The monoisotopic (exact) mass is 341 g/mol. The van der Waals surface area contributed by atoms with Gasteiger partial charge in [-0.05, 0) is 47.5 Å². The number of hydrogen-bond donors (Lipinski definition) is 2. The summed E-state index contributed by atoms with van der Waals surface area (Å²) in [7, 11) is 0. The van der Waals surface area contributed by atoms with E-state index in [1.54, 1.807) is 0 Å². The highest BCUT2D eigenvalue weighted by Gasteiger charge is 2.12. The Morgan fingerprint density at radius 3 is 2.55 bits per heavy atom. The molecule has 1 heterocycles. The molecule has 106 valence electrons. The quantitative estimate of drug-likeness (QED) is 0.852. The molecule has 3 nitrogen and oxygen atoms in total. The van der Waals surface area contributed by atoms with Crippen molar-refractivity contribution in [2.75, 3.05) is 17.2 Å². The second-order valence-corrected chi connectivity index (χ2v) is 5.14. The third-order valence-electron chi connectivity index (χ3n) is 2.65. The van der Waals surface area contributed by atoms with Crippen molar-refractivity contribution in [1.82, 2.24) is 4.98 Å². The maximum atomic E-state index is 13.8. The second kappa shape index (κ2) is 6.17. The normalized spacial score (nSPS) is 10.4. The van der Waals surface area contributed by atoms with E-state index in [9.17, 15) is 8.78 Å². The number of benzene rings is 1. The Balaban J connectivity index is 2.37. The van der Waals surface area contributed by atoms with Gasteiger partial charge in [-0.2, -0.15) is 0 Å². The molecule has 2 aromatic rings. The number of anilines is 3. The van der Waals surface area contributed by atoms with E-state index in [2.05, 4.69) is 31.5 Å². The van der Waals surface area contributed by atoms with E-state index in [-0.39, 0.29) is 11.6 Å². The third-order valence-corrected chi connectivity index (χ3v) is 3.34. The van der Waals surface area contributed by atoms with Crippen LogP contribution in [0.1, 0.15) is 12.5 Å². The molecule has 6 heteroatoms. The average molecular weight is 342 g/mol. The number of nitrogens with one attached hydrogen (secondary N) is 2. The molecule has 0 aliphatic rings. The van der Waals surface area contributed by atoms with Gasteiger partial charge in [-0.25, -0.2) is 13.8 Å². The van der Waals surface area contributed by atoms with Crippen LogP contribution in [-0.4, -0.2) is 11.5 Å². The van der Waals surface area contributed by atoms with Crippen LogP contribution in [0.25, 0.3) is 0 Å². The van der Waals surface area contributed by atoms with Crippen LogP contribution in [-0.2, 0) is 0 Å². The first kappa shape index (κ1) is 14.7. The van der Waals surface area contributed by atoms with Crippen molar-refractivity contribution < 1.29 is 8.78 Å². The standard InChI is InChI=1S/C14H14BrF2N3/c1-3-18-13-10(16)7-11(17)14(20-13)19-12-6-8(2)4-5-9(12)15/h4-7H,3H2,1-2H3,(H2,18,19,20). The van der Waals surface area contributed by atoms with Gasteiger partial charge in [0, 0.05) is 17.1 Å². The Morgan fingerprint density at radius 1 is 1.15 bits per heavy atom. The second-order valence-electron chi connectivity index (χ2n) is 4.29. The molecule has 1 aromatic carbocycles. The van der Waals surface area contributed by atoms with Gasteiger partial charge >= 0.3 is 0 Å². The highest BCUT2D eigenvalue weighted by Crippen LogP contribution is 2.28. The molecule has 0 saturated carbocycles. The minimum absolute atomic E-state index is 0.0198. The summed E-state index contributed by atoms with van der Waals surface area (Å²) in [6, 6.07) is 6.44. The van der Waals surface area contributed by atoms with Crippen LogP contribution in [0.4, 0.5) is 26.1 Å². The SMILES string of the molecule is CCNc1nc(Nc2cc(C)ccc2Br)c(F)cc1F. The molecule has 2 N–H and O–H groups in total. The fourth-order valence-corrected chi connectivity index (χ4v) is 2.05. The lowest BCUT2D eigenvalue weighted by molar-refractivity contribution is 0.579. The first-order valence-corrected chi connectivity index (χ1v) is 6.93. The highest BCUT2D eigenvalue weighted by molar-refractivity contribution is 9.10. The van der Waals surface area contributed by atoms with Crippen molar-refractivity contribution in [2.24, 2.45) is 0 Å². The van der Waals surface area contributed by atoms with Gasteiger partial charge in [0.15, 0.2) is 23.3 Å². The zero-order chi connectivity index (χ0) is 14.7. The summed E-state index contributed by atoms with van der Waals surface area (Å²) in [5.41, 5.74) is 1.69. The van der Waals surface area contributed by atoms with Crippen LogP contribution in [0, 0.1) is 18.6 Å². The Labute approximate surface area is 124 Å². The summed E-state index contributed by atoms with van der Waals surface area (Å²) in [6.07, 6.45) is 0. The third kappa shape index (κ3) is 3.25. The molecule has 2 rings (SSSR count). The zero-order valence-corrected chi connectivity index (χ0v) is 12.7. The van der Waals surface area contributed by atoms with E-state index in [0.717, 1.165) is 16.1 Å². The van der Waals surface area contributed by atoms with Crippen molar-refractivity contribution >= 4 is 33.3 Å². The summed E-state index contributed by atoms with van der Waals surface area (Å²) < 4.78 is 28.1. The molecule has 0 aliphatic heterocycles. The van der Waals surface area contributed by atoms with E-state index >= 15 is 0 Å². The van der Waals surface area contributed by atoms with Gasteiger partial charge in [-0.1, -0.05) is 6.07 Å². The summed E-state index contributed by atoms with van der Waals surface area (Å²) in [5, 5.41) is 5.62. The molecule has 0 spiro atoms. The predicted octanol–water partition coefficient (Wildman–Crippen LogP) is 4.61. The number of nitrogens with zero attached hydrogens (tertiary/aromatic N) is 1. The number of aryl methyl sites for hydroxylation is 1. The van der Waals surface area contributed by atoms with Crippen molar-refractivity contribution in [3.63, 3.8) is 0 Å². The molecular formula is C14H14BrF2N3. The maximum Gasteiger partial charge on any atom is 0.169 e. The van der Waals surface area contributed by atoms with E-state index in [4.69, 9.17) is 0 Å². The smallest absolute Gasteiger partial charge is 0.169 e. The van der Waals surface area contributed by atoms with Gasteiger partial charge in [-0.3, -0.25) is 0 Å². The van der Waals surface area contributed by atoms with Gasteiger partial charge in [-0.15, -0.1) is 0 Å². The average Bonchev–Trinajstić information content (AvgIpc) is 2.39. The van der Waals surface area contributed by atoms with E-state index in [1.807, 2.05) is 32.0 Å². The van der Waals surface area contributed by atoms with E-state index < -0.39 is 11.6 Å². The van der Waals surface area contributed by atoms with Gasteiger partial charge in [0.2, 0.25) is 0 Å². The molecule has 0 radical (unpaired) electrons. The van der Waals surface area contributed by atoms with Crippen molar-refractivity contribution in [3.05, 3.63) is 45.9 Å². The topological polar surface area (TPSA) is 37.0 Å². The van der Waals surface area contributed by atoms with E-state index in [0.29, 0.717) is 12.2 Å². The molecule has 0 fully saturated rings. The van der Waals surface area contributed by atoms with Gasteiger partial charge in [0.1, 0.15) is 0 Å². The molecule has 20 heavy (non-hydrogen) atoms. The number of aromatic nitrogens is 1. The Hall–Kier alpha value is -1.69. The molecule has 0 amide bonds. The molecule has 0 saturated heterocycles. The fraction of sp³-hybridized carbons (Fsp3) is 0.214. The lowest BCUT2D eigenvalue weighted by Gasteiger charge is -2.12. The number of hydrogen-bond acceptors (Lipinski definition) is 3. The summed E-state index contributed by atoms with van der Waals surface area (Å²) in [5.74, 6) is -1.44. The highest BCUT2D eigenvalue weighted by atomic mass is 79.9. The molecule has 1 aromatic heterocycles. The van der Waals surface area contributed by atoms with Crippen molar-refractivity contribution in [2.45, 2.75) is 13.8 Å². The Kier molecular flexibility index (Phi) is 4.54. The van der Waals surface area contributed by atoms with Crippen molar-refractivity contribution in [1.29, 1.82) is 0 Å². The lowest BCUT2D eigenvalue weighted by atomic mass is 10.2. The molecule has 0 atom stereocenters. The first-order valence-electron chi connectivity index (χ1n) is 6.14. The molecule has 0 bridgehead atoms. The van der Waals surface area contributed by atoms with Crippen LogP contribution in [0.2, 0.25) is 0 Å². The minimum Gasteiger partial charge on any atom is -0.368 e. The van der Waals surface area contributed by atoms with Crippen molar-refractivity contribution in [3.8, 4) is 0 Å². The number of halogens is 3. The van der Waals surface area contributed by atoms with Gasteiger partial charge in [0.25, 0.3) is 0 Å². The van der Waals surface area contributed by atoms with Crippen LogP contribution < -0.4 is 10.6 Å². The predicted molar refractivity (Wildman–Crippen MR) is 80.5 cm³/mol. The summed E-state index contributed by atoms with van der Waals surface area (Å²) in [6.45, 7) is 4.24. The van der Waals surface area contributed by atoms with Gasteiger partial charge < -0.3 is 10.6 Å². The molecule has 0 aliphatic carbocycles. The molecule has 0 unspecified atom stereocenters.